The van der Waals surface area contributed by atoms with Crippen LogP contribution >= 0.6 is 24.0 Å². The number of aromatic nitrogens is 2. The summed E-state index contributed by atoms with van der Waals surface area (Å²) in [5.74, 6) is 0.558. The van der Waals surface area contributed by atoms with Crippen molar-refractivity contribution in [3.63, 3.8) is 0 Å². The molecule has 174 valence electrons. The largest absolute Gasteiger partial charge is 0.352 e. The number of guanidine groups is 1. The molecule has 2 amide bonds. The topological polar surface area (TPSA) is 94.9 Å². The third kappa shape index (κ3) is 6.68. The predicted octanol–water partition coefficient (Wildman–Crippen LogP) is 1.99. The second-order valence-corrected chi connectivity index (χ2v) is 8.64. The van der Waals surface area contributed by atoms with E-state index in [-0.39, 0.29) is 47.9 Å². The van der Waals surface area contributed by atoms with E-state index in [1.807, 2.05) is 57.1 Å². The average molecular weight is 553 g/mol. The molecule has 1 aliphatic heterocycles. The van der Waals surface area contributed by atoms with Crippen LogP contribution in [0.1, 0.15) is 36.7 Å². The molecule has 0 spiro atoms. The Labute approximate surface area is 206 Å². The van der Waals surface area contributed by atoms with Crippen molar-refractivity contribution < 1.29 is 9.59 Å². The molecular weight excluding hydrogens is 521 g/mol. The van der Waals surface area contributed by atoms with E-state index in [1.165, 1.54) is 0 Å². The number of carbonyl (C=O) groups is 2. The summed E-state index contributed by atoms with van der Waals surface area (Å²) in [5, 5.41) is 10.4. The lowest BCUT2D eigenvalue weighted by Crippen LogP contribution is -2.55. The highest BCUT2D eigenvalue weighted by molar-refractivity contribution is 14.0. The van der Waals surface area contributed by atoms with Gasteiger partial charge in [0.05, 0.1) is 11.9 Å². The Balaban J connectivity index is 0.00000363. The van der Waals surface area contributed by atoms with Crippen LogP contribution in [0, 0.1) is 0 Å². The number of benzene rings is 1. The molecule has 0 aliphatic carbocycles. The Bertz CT molecular complexity index is 981. The third-order valence-corrected chi connectivity index (χ3v) is 4.86. The number of anilines is 1. The summed E-state index contributed by atoms with van der Waals surface area (Å²) in [5.41, 5.74) is 2.09. The van der Waals surface area contributed by atoms with Gasteiger partial charge in [0.15, 0.2) is 5.96 Å². The van der Waals surface area contributed by atoms with E-state index < -0.39 is 0 Å². The number of aliphatic imine (C=N–C) groups is 1. The number of carbonyl (C=O) groups excluding carboxylic acids is 2. The van der Waals surface area contributed by atoms with Gasteiger partial charge >= 0.3 is 0 Å². The zero-order valence-corrected chi connectivity index (χ0v) is 21.6. The van der Waals surface area contributed by atoms with Crippen LogP contribution in [-0.4, -0.2) is 64.7 Å². The Hall–Kier alpha value is -2.63. The number of halogens is 1. The van der Waals surface area contributed by atoms with Gasteiger partial charge in [0.1, 0.15) is 6.54 Å². The van der Waals surface area contributed by atoms with E-state index in [9.17, 15) is 9.59 Å². The molecule has 10 heteroatoms. The van der Waals surface area contributed by atoms with E-state index in [0.717, 1.165) is 11.3 Å². The summed E-state index contributed by atoms with van der Waals surface area (Å²) in [6.45, 7) is 7.83. The Morgan fingerprint density at radius 1 is 1.25 bits per heavy atom. The normalized spacial score (nSPS) is 14.8. The molecule has 1 fully saturated rings. The van der Waals surface area contributed by atoms with Crippen LogP contribution in [-0.2, 0) is 18.4 Å². The van der Waals surface area contributed by atoms with E-state index in [0.29, 0.717) is 31.2 Å². The first-order chi connectivity index (χ1) is 14.7. The first-order valence-electron chi connectivity index (χ1n) is 10.3. The SMILES string of the molecule is CN=C(NCc1cccc(C(=O)NC(C)(C)C)c1)N1CCN(c2cnn(C)c2)C(=O)C1.I. The van der Waals surface area contributed by atoms with E-state index in [1.54, 1.807) is 28.9 Å². The zero-order chi connectivity index (χ0) is 22.6. The van der Waals surface area contributed by atoms with Crippen LogP contribution in [0.3, 0.4) is 0 Å². The van der Waals surface area contributed by atoms with Crippen LogP contribution in [0.25, 0.3) is 0 Å². The number of aryl methyl sites for hydroxylation is 1. The van der Waals surface area contributed by atoms with Gasteiger partial charge in [0, 0.05) is 51.0 Å². The molecule has 2 heterocycles. The summed E-state index contributed by atoms with van der Waals surface area (Å²) in [6, 6.07) is 7.50. The molecule has 0 bridgehead atoms. The number of hydrogen-bond donors (Lipinski definition) is 2. The molecule has 2 N–H and O–H groups in total. The highest BCUT2D eigenvalue weighted by atomic mass is 127. The Kier molecular flexibility index (Phi) is 8.65. The minimum absolute atomic E-state index is 0. The van der Waals surface area contributed by atoms with Crippen molar-refractivity contribution in [3.8, 4) is 0 Å². The van der Waals surface area contributed by atoms with Gasteiger partial charge < -0.3 is 20.4 Å². The molecule has 32 heavy (non-hydrogen) atoms. The molecule has 0 atom stereocenters. The van der Waals surface area contributed by atoms with Gasteiger partial charge in [-0.3, -0.25) is 19.3 Å². The average Bonchev–Trinajstić information content (AvgIpc) is 3.13. The van der Waals surface area contributed by atoms with E-state index in [4.69, 9.17) is 0 Å². The number of hydrogen-bond acceptors (Lipinski definition) is 4. The molecule has 0 saturated carbocycles. The molecule has 0 radical (unpaired) electrons. The fraction of sp³-hybridized carbons (Fsp3) is 0.455. The lowest BCUT2D eigenvalue weighted by atomic mass is 10.1. The third-order valence-electron chi connectivity index (χ3n) is 4.86. The number of nitrogens with one attached hydrogen (secondary N) is 2. The highest BCUT2D eigenvalue weighted by Crippen LogP contribution is 2.16. The van der Waals surface area contributed by atoms with Crippen LogP contribution in [0.15, 0.2) is 41.7 Å². The zero-order valence-electron chi connectivity index (χ0n) is 19.3. The van der Waals surface area contributed by atoms with E-state index in [2.05, 4.69) is 20.7 Å². The molecule has 2 aromatic rings. The quantitative estimate of drug-likeness (QED) is 0.343. The van der Waals surface area contributed by atoms with Crippen molar-refractivity contribution in [1.29, 1.82) is 0 Å². The standard InChI is InChI=1S/C22H31N7O2.HI/c1-22(2,3)26-20(31)17-8-6-7-16(11-17)12-24-21(23-4)28-9-10-29(19(30)15-28)18-13-25-27(5)14-18;/h6-8,11,13-14H,9-10,12,15H2,1-5H3,(H,23,24)(H,26,31);1H. The first kappa shape index (κ1) is 25.6. The minimum atomic E-state index is -0.294. The summed E-state index contributed by atoms with van der Waals surface area (Å²) < 4.78 is 1.69. The van der Waals surface area contributed by atoms with Gasteiger partial charge in [-0.05, 0) is 38.5 Å². The van der Waals surface area contributed by atoms with Gasteiger partial charge in [-0.25, -0.2) is 0 Å². The van der Waals surface area contributed by atoms with Crippen molar-refractivity contribution in [2.75, 3.05) is 31.6 Å². The summed E-state index contributed by atoms with van der Waals surface area (Å²) in [4.78, 5) is 33.1. The fourth-order valence-corrected chi connectivity index (χ4v) is 3.42. The van der Waals surface area contributed by atoms with Crippen molar-refractivity contribution in [2.24, 2.45) is 12.0 Å². The highest BCUT2D eigenvalue weighted by Gasteiger charge is 2.27. The van der Waals surface area contributed by atoms with Gasteiger partial charge in [0.2, 0.25) is 5.91 Å². The molecule has 1 saturated heterocycles. The smallest absolute Gasteiger partial charge is 0.251 e. The number of nitrogens with zero attached hydrogens (tertiary/aromatic N) is 5. The van der Waals surface area contributed by atoms with Gasteiger partial charge in [0.25, 0.3) is 5.91 Å². The van der Waals surface area contributed by atoms with E-state index >= 15 is 0 Å². The maximum Gasteiger partial charge on any atom is 0.251 e. The second-order valence-electron chi connectivity index (χ2n) is 8.64. The van der Waals surface area contributed by atoms with Crippen LogP contribution in [0.2, 0.25) is 0 Å². The maximum absolute atomic E-state index is 12.7. The summed E-state index contributed by atoms with van der Waals surface area (Å²) in [7, 11) is 3.53. The molecule has 1 aromatic carbocycles. The molecule has 3 rings (SSSR count). The van der Waals surface area contributed by atoms with Crippen molar-refractivity contribution >= 4 is 47.4 Å². The lowest BCUT2D eigenvalue weighted by molar-refractivity contribution is -0.120. The molecule has 0 unspecified atom stereocenters. The molecule has 1 aromatic heterocycles. The van der Waals surface area contributed by atoms with Crippen molar-refractivity contribution in [2.45, 2.75) is 32.9 Å². The summed E-state index contributed by atoms with van der Waals surface area (Å²) in [6.07, 6.45) is 3.53. The maximum atomic E-state index is 12.7. The molecular formula is C22H32IN7O2. The lowest BCUT2D eigenvalue weighted by Gasteiger charge is -2.35. The number of rotatable bonds is 4. The molecule has 9 nitrogen and oxygen atoms in total. The van der Waals surface area contributed by atoms with Crippen molar-refractivity contribution in [3.05, 3.63) is 47.8 Å². The number of piperazine rings is 1. The summed E-state index contributed by atoms with van der Waals surface area (Å²) >= 11 is 0. The van der Waals surface area contributed by atoms with Crippen LogP contribution < -0.4 is 15.5 Å². The minimum Gasteiger partial charge on any atom is -0.352 e. The van der Waals surface area contributed by atoms with Gasteiger partial charge in [-0.1, -0.05) is 12.1 Å². The fourth-order valence-electron chi connectivity index (χ4n) is 3.42. The van der Waals surface area contributed by atoms with Crippen LogP contribution in [0.4, 0.5) is 5.69 Å². The Morgan fingerprint density at radius 2 is 2.00 bits per heavy atom. The van der Waals surface area contributed by atoms with Crippen molar-refractivity contribution in [1.82, 2.24) is 25.3 Å². The number of amides is 2. The first-order valence-corrected chi connectivity index (χ1v) is 10.3. The monoisotopic (exact) mass is 553 g/mol. The predicted molar refractivity (Wildman–Crippen MR) is 136 cm³/mol. The van der Waals surface area contributed by atoms with Crippen LogP contribution in [0.5, 0.6) is 0 Å². The van der Waals surface area contributed by atoms with Gasteiger partial charge in [-0.2, -0.15) is 5.10 Å². The van der Waals surface area contributed by atoms with Gasteiger partial charge in [-0.15, -0.1) is 24.0 Å². The molecule has 1 aliphatic rings. The Morgan fingerprint density at radius 3 is 2.59 bits per heavy atom. The second kappa shape index (κ2) is 10.8.